The van der Waals surface area contributed by atoms with Crippen molar-refractivity contribution in [2.45, 2.75) is 6.18 Å². The van der Waals surface area contributed by atoms with Gasteiger partial charge >= 0.3 is 6.18 Å². The van der Waals surface area contributed by atoms with E-state index in [9.17, 15) is 21.6 Å². The van der Waals surface area contributed by atoms with E-state index in [0.29, 0.717) is 6.08 Å². The molecule has 0 fully saturated rings. The Kier molecular flexibility index (Phi) is 4.19. The minimum Gasteiger partial charge on any atom is -0.258 e. The van der Waals surface area contributed by atoms with Gasteiger partial charge < -0.3 is 0 Å². The Balaban J connectivity index is 3.48. The Morgan fingerprint density at radius 1 is 1.39 bits per heavy atom. The minimum atomic E-state index is -4.70. The predicted octanol–water partition coefficient (Wildman–Crippen LogP) is 2.38. The van der Waals surface area contributed by atoms with E-state index >= 15 is 0 Å². The van der Waals surface area contributed by atoms with Crippen molar-refractivity contribution < 1.29 is 21.6 Å². The van der Waals surface area contributed by atoms with Crippen molar-refractivity contribution in [1.29, 1.82) is 5.41 Å². The number of rotatable bonds is 1. The number of halogens is 4. The predicted molar refractivity (Wildman–Crippen MR) is 69.8 cm³/mol. The van der Waals surface area contributed by atoms with Gasteiger partial charge in [-0.2, -0.15) is 17.6 Å². The third-order valence-corrected chi connectivity index (χ3v) is 3.18. The van der Waals surface area contributed by atoms with Crippen LogP contribution < -0.4 is 0 Å². The molecule has 0 saturated heterocycles. The highest BCUT2D eigenvalue weighted by Gasteiger charge is 2.38. The van der Waals surface area contributed by atoms with Gasteiger partial charge in [0.1, 0.15) is 0 Å². The quantitative estimate of drug-likeness (QED) is 0.552. The van der Waals surface area contributed by atoms with E-state index in [4.69, 9.17) is 5.41 Å². The normalized spacial score (nSPS) is 19.4. The number of nitrogens with one attached hydrogen (secondary N) is 1. The van der Waals surface area contributed by atoms with Crippen LogP contribution in [0.25, 0.3) is 0 Å². The van der Waals surface area contributed by atoms with Crippen molar-refractivity contribution >= 4 is 44.2 Å². The molecule has 0 unspecified atom stereocenters. The van der Waals surface area contributed by atoms with Gasteiger partial charge in [0, 0.05) is 9.15 Å². The maximum atomic E-state index is 12.7. The molecule has 0 aromatic rings. The molecule has 98 valence electrons. The monoisotopic (exact) mass is 390 g/mol. The fourth-order valence-corrected chi connectivity index (χ4v) is 2.41. The number of nitrogens with zero attached hydrogens (tertiary/aromatic N) is 1. The second kappa shape index (κ2) is 4.98. The number of alkyl halides is 3. The van der Waals surface area contributed by atoms with Gasteiger partial charge in [-0.05, 0) is 40.6 Å². The highest BCUT2D eigenvalue weighted by molar-refractivity contribution is 14.1. The zero-order valence-electron chi connectivity index (χ0n) is 8.84. The third-order valence-electron chi connectivity index (χ3n) is 1.79. The molecule has 0 bridgehead atoms. The van der Waals surface area contributed by atoms with E-state index < -0.39 is 27.3 Å². The van der Waals surface area contributed by atoms with Crippen LogP contribution in [0.2, 0.25) is 0 Å². The van der Waals surface area contributed by atoms with Crippen LogP contribution in [0, 0.1) is 5.41 Å². The average Bonchev–Trinajstić information content (AvgIpc) is 2.16. The Morgan fingerprint density at radius 3 is 2.33 bits per heavy atom. The maximum absolute atomic E-state index is 12.7. The number of hydrogen-bond acceptors (Lipinski definition) is 3. The zero-order valence-corrected chi connectivity index (χ0v) is 11.8. The lowest BCUT2D eigenvalue weighted by atomic mass is 9.99. The van der Waals surface area contributed by atoms with E-state index in [-0.39, 0.29) is 9.29 Å². The molecular weight excluding hydrogens is 384 g/mol. The van der Waals surface area contributed by atoms with Crippen LogP contribution in [0.3, 0.4) is 0 Å². The van der Waals surface area contributed by atoms with Crippen molar-refractivity contribution in [3.05, 3.63) is 26.9 Å². The van der Waals surface area contributed by atoms with Crippen LogP contribution in [-0.2, 0) is 10.0 Å². The van der Waals surface area contributed by atoms with Crippen LogP contribution in [0.4, 0.5) is 13.2 Å². The molecule has 9 heteroatoms. The van der Waals surface area contributed by atoms with Gasteiger partial charge in [0.05, 0.1) is 17.5 Å². The lowest BCUT2D eigenvalue weighted by Crippen LogP contribution is -2.19. The summed E-state index contributed by atoms with van der Waals surface area (Å²) in [6.45, 7) is 0. The Morgan fingerprint density at radius 2 is 1.94 bits per heavy atom. The summed E-state index contributed by atoms with van der Waals surface area (Å²) in [4.78, 5) is 0. The molecule has 1 rings (SSSR count). The van der Waals surface area contributed by atoms with Crippen LogP contribution in [-0.4, -0.2) is 32.4 Å². The molecule has 0 atom stereocenters. The van der Waals surface area contributed by atoms with Gasteiger partial charge in [0.15, 0.2) is 0 Å². The van der Waals surface area contributed by atoms with Gasteiger partial charge in [0.25, 0.3) is 10.0 Å². The van der Waals surface area contributed by atoms with E-state index in [1.165, 1.54) is 0 Å². The second-order valence-corrected chi connectivity index (χ2v) is 6.11. The molecule has 0 amide bonds. The first-order chi connectivity index (χ1) is 8.04. The summed E-state index contributed by atoms with van der Waals surface area (Å²) in [5.74, 6) is 1.67. The van der Waals surface area contributed by atoms with Crippen molar-refractivity contribution in [3.63, 3.8) is 0 Å². The maximum Gasteiger partial charge on any atom is 0.417 e. The summed E-state index contributed by atoms with van der Waals surface area (Å²) >= 11 is 1.65. The van der Waals surface area contributed by atoms with Gasteiger partial charge in [-0.1, -0.05) is 0 Å². The molecule has 1 N–H and O–H groups in total. The average molecular weight is 390 g/mol. The smallest absolute Gasteiger partial charge is 0.258 e. The summed E-state index contributed by atoms with van der Waals surface area (Å²) in [7, 11) is -3.80. The Bertz CT molecular complexity index is 623. The second-order valence-electron chi connectivity index (χ2n) is 3.30. The van der Waals surface area contributed by atoms with Crippen LogP contribution in [0.5, 0.6) is 0 Å². The summed E-state index contributed by atoms with van der Waals surface area (Å²) in [5.41, 5.74) is -1.90. The molecule has 0 aromatic heterocycles. The molecular formula is C9H6F3IN2O2S. The molecule has 4 nitrogen and oxygen atoms in total. The van der Waals surface area contributed by atoms with Gasteiger partial charge in [0.2, 0.25) is 0 Å². The fraction of sp³-hybridized carbons (Fsp3) is 0.222. The Labute approximate surface area is 115 Å². The summed E-state index contributed by atoms with van der Waals surface area (Å²) in [6.07, 6.45) is -2.30. The van der Waals surface area contributed by atoms with Crippen molar-refractivity contribution in [2.24, 2.45) is 4.40 Å². The van der Waals surface area contributed by atoms with Crippen molar-refractivity contribution in [3.8, 4) is 0 Å². The van der Waals surface area contributed by atoms with Gasteiger partial charge in [-0.15, -0.1) is 0 Å². The number of allylic oxidation sites excluding steroid dienone is 5. The number of hydrogen-bond donors (Lipinski definition) is 1. The molecule has 0 aromatic carbocycles. The highest BCUT2D eigenvalue weighted by Crippen LogP contribution is 2.35. The first-order valence-electron chi connectivity index (χ1n) is 4.31. The minimum absolute atomic E-state index is 0.195. The highest BCUT2D eigenvalue weighted by atomic mass is 127. The molecule has 18 heavy (non-hydrogen) atoms. The van der Waals surface area contributed by atoms with Crippen LogP contribution in [0.15, 0.2) is 31.3 Å². The van der Waals surface area contributed by atoms with E-state index in [0.717, 1.165) is 12.3 Å². The van der Waals surface area contributed by atoms with E-state index in [1.54, 1.807) is 28.5 Å². The standard InChI is InChI=1S/C9H6F3IN2O2S/c1-18(16,17)15-8-3-6(9(10,11)12)5(4-14)2-7(8)13/h2-3,14H,1H3. The molecule has 1 aliphatic rings. The molecule has 0 spiro atoms. The zero-order chi connectivity index (χ0) is 14.1. The fourth-order valence-electron chi connectivity index (χ4n) is 1.15. The first kappa shape index (κ1) is 15.1. The summed E-state index contributed by atoms with van der Waals surface area (Å²) in [6, 6.07) is 0. The topological polar surface area (TPSA) is 70.3 Å². The third kappa shape index (κ3) is 3.79. The lowest BCUT2D eigenvalue weighted by Gasteiger charge is -2.16. The largest absolute Gasteiger partial charge is 0.417 e. The molecule has 1 aliphatic carbocycles. The van der Waals surface area contributed by atoms with Crippen LogP contribution in [0.1, 0.15) is 0 Å². The Hall–Kier alpha value is -0.930. The van der Waals surface area contributed by atoms with E-state index in [1.807, 2.05) is 0 Å². The first-order valence-corrected chi connectivity index (χ1v) is 7.24. The summed E-state index contributed by atoms with van der Waals surface area (Å²) in [5, 5.41) is 6.81. The van der Waals surface area contributed by atoms with Crippen molar-refractivity contribution in [1.82, 2.24) is 0 Å². The lowest BCUT2D eigenvalue weighted by molar-refractivity contribution is -0.0888. The molecule has 0 aliphatic heterocycles. The molecule has 0 saturated carbocycles. The van der Waals surface area contributed by atoms with E-state index in [2.05, 4.69) is 4.40 Å². The number of sulfonamides is 1. The van der Waals surface area contributed by atoms with Gasteiger partial charge in [-0.25, -0.2) is 8.42 Å². The molecule has 0 heterocycles. The van der Waals surface area contributed by atoms with Crippen molar-refractivity contribution in [2.75, 3.05) is 6.26 Å². The van der Waals surface area contributed by atoms with Gasteiger partial charge in [-0.3, -0.25) is 5.41 Å². The van der Waals surface area contributed by atoms with Crippen LogP contribution >= 0.6 is 22.6 Å². The SMILES string of the molecule is CS(=O)(=O)N=C1C=C(C(F)(F)F)C(=C=N)C=C1I. The molecule has 0 radical (unpaired) electrons. The summed E-state index contributed by atoms with van der Waals surface area (Å²) < 4.78 is 63.3.